The molecule has 0 spiro atoms. The normalized spacial score (nSPS) is 14.9. The Balaban J connectivity index is 1.29. The van der Waals surface area contributed by atoms with E-state index >= 15 is 0 Å². The maximum Gasteiger partial charge on any atom is 0.228 e. The zero-order chi connectivity index (χ0) is 19.1. The summed E-state index contributed by atoms with van der Waals surface area (Å²) in [5.41, 5.74) is 3.98. The summed E-state index contributed by atoms with van der Waals surface area (Å²) < 4.78 is 15.2. The standard InChI is InChI=1S/C21H19FN4OS/c22-15-5-7-16(8-6-15)24-9-11-25(12-10-24)20(27)13-17-14-28-21-23-18-3-1-2-4-19(18)26(17)21/h1-8,14H,9-13H2. The Bertz CT molecular complexity index is 1140. The van der Waals surface area contributed by atoms with Crippen molar-refractivity contribution in [2.45, 2.75) is 6.42 Å². The number of anilines is 1. The Morgan fingerprint density at radius 2 is 1.79 bits per heavy atom. The molecule has 0 saturated carbocycles. The first-order chi connectivity index (χ1) is 13.7. The summed E-state index contributed by atoms with van der Waals surface area (Å²) in [6.07, 6.45) is 0.372. The fourth-order valence-electron chi connectivity index (χ4n) is 3.79. The number of amides is 1. The molecule has 0 bridgehead atoms. The van der Waals surface area contributed by atoms with Gasteiger partial charge in [0.1, 0.15) is 5.82 Å². The predicted octanol–water partition coefficient (Wildman–Crippen LogP) is 3.58. The largest absolute Gasteiger partial charge is 0.368 e. The van der Waals surface area contributed by atoms with Gasteiger partial charge in [0, 0.05) is 42.9 Å². The van der Waals surface area contributed by atoms with Gasteiger partial charge in [0.25, 0.3) is 0 Å². The number of aromatic nitrogens is 2. The molecule has 0 radical (unpaired) electrons. The van der Waals surface area contributed by atoms with Crippen LogP contribution < -0.4 is 4.90 Å². The van der Waals surface area contributed by atoms with Gasteiger partial charge in [-0.25, -0.2) is 9.37 Å². The molecule has 1 amide bonds. The van der Waals surface area contributed by atoms with E-state index in [1.165, 1.54) is 12.1 Å². The number of carbonyl (C=O) groups is 1. The molecule has 5 nitrogen and oxygen atoms in total. The Labute approximate surface area is 165 Å². The minimum Gasteiger partial charge on any atom is -0.368 e. The minimum atomic E-state index is -0.230. The molecule has 0 aliphatic carbocycles. The SMILES string of the molecule is O=C(Cc1csc2nc3ccccc3n12)N1CCN(c2ccc(F)cc2)CC1. The maximum absolute atomic E-state index is 13.1. The molecule has 1 fully saturated rings. The third kappa shape index (κ3) is 3.01. The number of piperazine rings is 1. The van der Waals surface area contributed by atoms with Gasteiger partial charge >= 0.3 is 0 Å². The molecule has 7 heteroatoms. The van der Waals surface area contributed by atoms with Crippen LogP contribution in [-0.2, 0) is 11.2 Å². The molecule has 0 atom stereocenters. The molecule has 142 valence electrons. The van der Waals surface area contributed by atoms with Crippen LogP contribution in [0.15, 0.2) is 53.9 Å². The Morgan fingerprint density at radius 3 is 2.57 bits per heavy atom. The van der Waals surface area contributed by atoms with E-state index in [1.54, 1.807) is 23.5 Å². The average Bonchev–Trinajstić information content (AvgIpc) is 3.28. The van der Waals surface area contributed by atoms with Crippen molar-refractivity contribution in [2.24, 2.45) is 0 Å². The summed E-state index contributed by atoms with van der Waals surface area (Å²) in [5.74, 6) is -0.0945. The highest BCUT2D eigenvalue weighted by atomic mass is 32.1. The van der Waals surface area contributed by atoms with Crippen LogP contribution in [0, 0.1) is 5.82 Å². The predicted molar refractivity (Wildman–Crippen MR) is 109 cm³/mol. The molecule has 1 saturated heterocycles. The van der Waals surface area contributed by atoms with E-state index in [2.05, 4.69) is 14.3 Å². The number of hydrogen-bond donors (Lipinski definition) is 0. The third-order valence-corrected chi connectivity index (χ3v) is 6.15. The lowest BCUT2D eigenvalue weighted by atomic mass is 10.2. The highest BCUT2D eigenvalue weighted by Gasteiger charge is 2.23. The lowest BCUT2D eigenvalue weighted by molar-refractivity contribution is -0.130. The first kappa shape index (κ1) is 17.2. The van der Waals surface area contributed by atoms with Crippen molar-refractivity contribution in [1.82, 2.24) is 14.3 Å². The summed E-state index contributed by atoms with van der Waals surface area (Å²) in [5, 5.41) is 2.03. The number of fused-ring (bicyclic) bond motifs is 3. The molecule has 1 aliphatic heterocycles. The zero-order valence-corrected chi connectivity index (χ0v) is 16.0. The smallest absolute Gasteiger partial charge is 0.228 e. The maximum atomic E-state index is 13.1. The number of nitrogens with zero attached hydrogens (tertiary/aromatic N) is 4. The van der Waals surface area contributed by atoms with E-state index in [-0.39, 0.29) is 11.7 Å². The molecule has 1 aliphatic rings. The number of halogens is 1. The third-order valence-electron chi connectivity index (χ3n) is 5.27. The van der Waals surface area contributed by atoms with Gasteiger partial charge < -0.3 is 9.80 Å². The summed E-state index contributed by atoms with van der Waals surface area (Å²) in [6.45, 7) is 2.86. The van der Waals surface area contributed by atoms with Crippen LogP contribution in [0.5, 0.6) is 0 Å². The second kappa shape index (κ2) is 6.91. The highest BCUT2D eigenvalue weighted by molar-refractivity contribution is 7.15. The van der Waals surface area contributed by atoms with Crippen LogP contribution in [0.4, 0.5) is 10.1 Å². The Hall–Kier alpha value is -2.93. The number of para-hydroxylation sites is 2. The van der Waals surface area contributed by atoms with Gasteiger partial charge in [-0.15, -0.1) is 11.3 Å². The monoisotopic (exact) mass is 394 g/mol. The van der Waals surface area contributed by atoms with Crippen molar-refractivity contribution in [3.63, 3.8) is 0 Å². The molecule has 28 heavy (non-hydrogen) atoms. The second-order valence-electron chi connectivity index (χ2n) is 6.97. The molecule has 0 N–H and O–H groups in total. The van der Waals surface area contributed by atoms with E-state index in [0.717, 1.165) is 40.5 Å². The van der Waals surface area contributed by atoms with Crippen LogP contribution in [0.3, 0.4) is 0 Å². The molecule has 3 heterocycles. The summed E-state index contributed by atoms with van der Waals surface area (Å²) in [6, 6.07) is 14.5. The van der Waals surface area contributed by atoms with Gasteiger partial charge in [0.15, 0.2) is 4.96 Å². The number of benzene rings is 2. The van der Waals surface area contributed by atoms with Crippen molar-refractivity contribution in [1.29, 1.82) is 0 Å². The lowest BCUT2D eigenvalue weighted by Gasteiger charge is -2.36. The van der Waals surface area contributed by atoms with Gasteiger partial charge in [-0.2, -0.15) is 0 Å². The topological polar surface area (TPSA) is 40.9 Å². The van der Waals surface area contributed by atoms with E-state index in [0.29, 0.717) is 19.5 Å². The van der Waals surface area contributed by atoms with Crippen LogP contribution in [0.25, 0.3) is 16.0 Å². The quantitative estimate of drug-likeness (QED) is 0.533. The number of imidazole rings is 1. The fraction of sp³-hybridized carbons (Fsp3) is 0.238. The lowest BCUT2D eigenvalue weighted by Crippen LogP contribution is -2.49. The van der Waals surface area contributed by atoms with Crippen molar-refractivity contribution >= 4 is 38.9 Å². The van der Waals surface area contributed by atoms with E-state index in [1.807, 2.05) is 34.5 Å². The Kier molecular flexibility index (Phi) is 4.24. The Morgan fingerprint density at radius 1 is 1.04 bits per heavy atom. The van der Waals surface area contributed by atoms with E-state index < -0.39 is 0 Å². The molecule has 2 aromatic heterocycles. The second-order valence-corrected chi connectivity index (χ2v) is 7.80. The molecular weight excluding hydrogens is 375 g/mol. The molecule has 5 rings (SSSR count). The van der Waals surface area contributed by atoms with Crippen LogP contribution in [0.2, 0.25) is 0 Å². The van der Waals surface area contributed by atoms with Crippen molar-refractivity contribution in [3.8, 4) is 0 Å². The molecule has 0 unspecified atom stereocenters. The minimum absolute atomic E-state index is 0.135. The first-order valence-electron chi connectivity index (χ1n) is 9.31. The average molecular weight is 394 g/mol. The van der Waals surface area contributed by atoms with Crippen molar-refractivity contribution in [3.05, 3.63) is 65.4 Å². The van der Waals surface area contributed by atoms with Crippen molar-refractivity contribution < 1.29 is 9.18 Å². The molecule has 4 aromatic rings. The fourth-order valence-corrected chi connectivity index (χ4v) is 4.69. The summed E-state index contributed by atoms with van der Waals surface area (Å²) in [4.78, 5) is 22.5. The number of carbonyl (C=O) groups excluding carboxylic acids is 1. The van der Waals surface area contributed by atoms with Gasteiger partial charge in [0.2, 0.25) is 5.91 Å². The summed E-state index contributed by atoms with van der Waals surface area (Å²) >= 11 is 1.57. The van der Waals surface area contributed by atoms with Crippen LogP contribution in [0.1, 0.15) is 5.69 Å². The highest BCUT2D eigenvalue weighted by Crippen LogP contribution is 2.24. The zero-order valence-electron chi connectivity index (χ0n) is 15.2. The van der Waals surface area contributed by atoms with Crippen LogP contribution in [-0.4, -0.2) is 46.4 Å². The molecule has 2 aromatic carbocycles. The number of thiazole rings is 1. The van der Waals surface area contributed by atoms with Gasteiger partial charge in [0.05, 0.1) is 17.5 Å². The number of rotatable bonds is 3. The van der Waals surface area contributed by atoms with E-state index in [4.69, 9.17) is 0 Å². The van der Waals surface area contributed by atoms with Crippen molar-refractivity contribution in [2.75, 3.05) is 31.1 Å². The van der Waals surface area contributed by atoms with Crippen LogP contribution >= 0.6 is 11.3 Å². The number of hydrogen-bond acceptors (Lipinski definition) is 4. The van der Waals surface area contributed by atoms with Gasteiger partial charge in [-0.3, -0.25) is 9.20 Å². The first-order valence-corrected chi connectivity index (χ1v) is 10.2. The van der Waals surface area contributed by atoms with E-state index in [9.17, 15) is 9.18 Å². The van der Waals surface area contributed by atoms with Gasteiger partial charge in [-0.05, 0) is 36.4 Å². The summed E-state index contributed by atoms with van der Waals surface area (Å²) in [7, 11) is 0. The van der Waals surface area contributed by atoms with Gasteiger partial charge in [-0.1, -0.05) is 12.1 Å². The molecular formula is C21H19FN4OS.